The predicted molar refractivity (Wildman–Crippen MR) is 108 cm³/mol. The largest absolute Gasteiger partial charge is 0.325 e. The van der Waals surface area contributed by atoms with Crippen molar-refractivity contribution in [1.82, 2.24) is 0 Å². The van der Waals surface area contributed by atoms with Gasteiger partial charge in [-0.15, -0.1) is 0 Å². The number of para-hydroxylation sites is 2. The lowest BCUT2D eigenvalue weighted by atomic mass is 9.97. The molecule has 0 aliphatic carbocycles. The normalized spacial score (nSPS) is 17.0. The standard InChI is InChI=1S/C21H23BrN2O2/c1-13(2)16-8-6-7-14(3)20(16)23-21(26)15-11-19(25)24(12-15)18-10-5-4-9-17(18)22/h4-10,13,15H,11-12H2,1-3H3,(H,23,26). The molecule has 136 valence electrons. The van der Waals surface area contributed by atoms with Crippen molar-refractivity contribution in [3.05, 3.63) is 58.1 Å². The van der Waals surface area contributed by atoms with Crippen LogP contribution < -0.4 is 10.2 Å². The van der Waals surface area contributed by atoms with Crippen LogP contribution in [-0.2, 0) is 9.59 Å². The lowest BCUT2D eigenvalue weighted by Crippen LogP contribution is -2.28. The van der Waals surface area contributed by atoms with E-state index in [1.807, 2.05) is 49.4 Å². The van der Waals surface area contributed by atoms with E-state index < -0.39 is 0 Å². The molecule has 1 aliphatic rings. The van der Waals surface area contributed by atoms with Crippen LogP contribution in [0.25, 0.3) is 0 Å². The van der Waals surface area contributed by atoms with Crippen LogP contribution in [0.5, 0.6) is 0 Å². The molecule has 4 nitrogen and oxygen atoms in total. The topological polar surface area (TPSA) is 49.4 Å². The van der Waals surface area contributed by atoms with Gasteiger partial charge in [-0.05, 0) is 52.0 Å². The zero-order valence-electron chi connectivity index (χ0n) is 15.3. The van der Waals surface area contributed by atoms with Crippen LogP contribution in [0.1, 0.15) is 37.3 Å². The maximum Gasteiger partial charge on any atom is 0.229 e. The van der Waals surface area contributed by atoms with Gasteiger partial charge in [0.1, 0.15) is 0 Å². The Morgan fingerprint density at radius 3 is 2.62 bits per heavy atom. The highest BCUT2D eigenvalue weighted by molar-refractivity contribution is 9.10. The Kier molecular flexibility index (Phi) is 5.47. The van der Waals surface area contributed by atoms with Crippen LogP contribution >= 0.6 is 15.9 Å². The SMILES string of the molecule is Cc1cccc(C(C)C)c1NC(=O)C1CC(=O)N(c2ccccc2Br)C1. The van der Waals surface area contributed by atoms with E-state index in [0.29, 0.717) is 12.5 Å². The highest BCUT2D eigenvalue weighted by atomic mass is 79.9. The summed E-state index contributed by atoms with van der Waals surface area (Å²) in [4.78, 5) is 27.0. The van der Waals surface area contributed by atoms with E-state index >= 15 is 0 Å². The predicted octanol–water partition coefficient (Wildman–Crippen LogP) is 4.87. The van der Waals surface area contributed by atoms with Gasteiger partial charge in [0.25, 0.3) is 0 Å². The van der Waals surface area contributed by atoms with E-state index in [1.165, 1.54) is 0 Å². The number of carbonyl (C=O) groups is 2. The number of nitrogens with one attached hydrogen (secondary N) is 1. The van der Waals surface area contributed by atoms with Crippen molar-refractivity contribution in [2.24, 2.45) is 5.92 Å². The molecule has 1 saturated heterocycles. The first-order chi connectivity index (χ1) is 12.4. The lowest BCUT2D eigenvalue weighted by Gasteiger charge is -2.20. The van der Waals surface area contributed by atoms with E-state index in [1.54, 1.807) is 4.90 Å². The number of rotatable bonds is 4. The zero-order chi connectivity index (χ0) is 18.8. The fourth-order valence-electron chi connectivity index (χ4n) is 3.35. The molecule has 5 heteroatoms. The molecule has 1 N–H and O–H groups in total. The minimum atomic E-state index is -0.353. The first kappa shape index (κ1) is 18.6. The smallest absolute Gasteiger partial charge is 0.229 e. The number of carbonyl (C=O) groups excluding carboxylic acids is 2. The number of nitrogens with zero attached hydrogens (tertiary/aromatic N) is 1. The Hall–Kier alpha value is -2.14. The summed E-state index contributed by atoms with van der Waals surface area (Å²) in [5.74, 6) is -0.156. The van der Waals surface area contributed by atoms with E-state index in [-0.39, 0.29) is 24.2 Å². The van der Waals surface area contributed by atoms with Gasteiger partial charge in [-0.3, -0.25) is 9.59 Å². The summed E-state index contributed by atoms with van der Waals surface area (Å²) in [5, 5.41) is 3.08. The molecule has 1 aliphatic heterocycles. The second-order valence-electron chi connectivity index (χ2n) is 7.04. The molecule has 1 fully saturated rings. The molecule has 2 aromatic rings. The van der Waals surface area contributed by atoms with Crippen molar-refractivity contribution < 1.29 is 9.59 Å². The molecule has 1 atom stereocenters. The number of halogens is 1. The quantitative estimate of drug-likeness (QED) is 0.775. The Bertz CT molecular complexity index is 848. The summed E-state index contributed by atoms with van der Waals surface area (Å²) in [6.07, 6.45) is 0.232. The van der Waals surface area contributed by atoms with Gasteiger partial charge in [-0.25, -0.2) is 0 Å². The average Bonchev–Trinajstić information content (AvgIpc) is 2.98. The first-order valence-corrected chi connectivity index (χ1v) is 9.63. The number of anilines is 2. The molecule has 1 unspecified atom stereocenters. The van der Waals surface area contributed by atoms with Crippen molar-refractivity contribution in [1.29, 1.82) is 0 Å². The van der Waals surface area contributed by atoms with Gasteiger partial charge in [0.2, 0.25) is 11.8 Å². The van der Waals surface area contributed by atoms with Gasteiger partial charge in [0, 0.05) is 23.1 Å². The van der Waals surface area contributed by atoms with Gasteiger partial charge in [-0.2, -0.15) is 0 Å². The van der Waals surface area contributed by atoms with Gasteiger partial charge in [0.15, 0.2) is 0 Å². The second kappa shape index (κ2) is 7.62. The van der Waals surface area contributed by atoms with E-state index in [9.17, 15) is 9.59 Å². The van der Waals surface area contributed by atoms with Crippen molar-refractivity contribution in [2.45, 2.75) is 33.1 Å². The zero-order valence-corrected chi connectivity index (χ0v) is 16.8. The number of amides is 2. The summed E-state index contributed by atoms with van der Waals surface area (Å²) in [6.45, 7) is 6.61. The number of benzene rings is 2. The van der Waals surface area contributed by atoms with Gasteiger partial charge in [-0.1, -0.05) is 44.2 Å². The third-order valence-corrected chi connectivity index (χ3v) is 5.48. The fourth-order valence-corrected chi connectivity index (χ4v) is 3.85. The molecule has 0 radical (unpaired) electrons. The summed E-state index contributed by atoms with van der Waals surface area (Å²) < 4.78 is 0.857. The minimum Gasteiger partial charge on any atom is -0.325 e. The van der Waals surface area contributed by atoms with Crippen LogP contribution in [0, 0.1) is 12.8 Å². The summed E-state index contributed by atoms with van der Waals surface area (Å²) in [7, 11) is 0. The fraction of sp³-hybridized carbons (Fsp3) is 0.333. The average molecular weight is 415 g/mol. The number of hydrogen-bond donors (Lipinski definition) is 1. The first-order valence-electron chi connectivity index (χ1n) is 8.83. The third kappa shape index (κ3) is 3.68. The molecule has 1 heterocycles. The molecular weight excluding hydrogens is 392 g/mol. The molecule has 0 aromatic heterocycles. The maximum atomic E-state index is 12.8. The van der Waals surface area contributed by atoms with Crippen molar-refractivity contribution >= 4 is 39.1 Å². The molecular formula is C21H23BrN2O2. The van der Waals surface area contributed by atoms with Gasteiger partial charge >= 0.3 is 0 Å². The molecule has 0 saturated carbocycles. The Morgan fingerprint density at radius 1 is 1.19 bits per heavy atom. The monoisotopic (exact) mass is 414 g/mol. The summed E-state index contributed by atoms with van der Waals surface area (Å²) >= 11 is 3.49. The van der Waals surface area contributed by atoms with Crippen molar-refractivity contribution in [3.63, 3.8) is 0 Å². The van der Waals surface area contributed by atoms with Crippen molar-refractivity contribution in [2.75, 3.05) is 16.8 Å². The van der Waals surface area contributed by atoms with Gasteiger partial charge < -0.3 is 10.2 Å². The van der Waals surface area contributed by atoms with Crippen LogP contribution in [0.2, 0.25) is 0 Å². The summed E-state index contributed by atoms with van der Waals surface area (Å²) in [5.41, 5.74) is 3.84. The van der Waals surface area contributed by atoms with Crippen LogP contribution in [0.3, 0.4) is 0 Å². The molecule has 26 heavy (non-hydrogen) atoms. The number of aryl methyl sites for hydroxylation is 1. The minimum absolute atomic E-state index is 0.0223. The van der Waals surface area contributed by atoms with E-state index in [4.69, 9.17) is 0 Å². The number of hydrogen-bond acceptors (Lipinski definition) is 2. The third-order valence-electron chi connectivity index (χ3n) is 4.81. The molecule has 0 bridgehead atoms. The molecule has 2 amide bonds. The summed E-state index contributed by atoms with van der Waals surface area (Å²) in [6, 6.07) is 13.6. The van der Waals surface area contributed by atoms with Crippen LogP contribution in [0.15, 0.2) is 46.9 Å². The van der Waals surface area contributed by atoms with E-state index in [2.05, 4.69) is 35.1 Å². The Morgan fingerprint density at radius 2 is 1.92 bits per heavy atom. The Labute approximate surface area is 162 Å². The lowest BCUT2D eigenvalue weighted by molar-refractivity contribution is -0.122. The maximum absolute atomic E-state index is 12.8. The Balaban J connectivity index is 1.79. The second-order valence-corrected chi connectivity index (χ2v) is 7.89. The van der Waals surface area contributed by atoms with Gasteiger partial charge in [0.05, 0.1) is 11.6 Å². The molecule has 3 rings (SSSR count). The molecule has 2 aromatic carbocycles. The highest BCUT2D eigenvalue weighted by Crippen LogP contribution is 2.33. The van der Waals surface area contributed by atoms with E-state index in [0.717, 1.165) is 27.0 Å². The van der Waals surface area contributed by atoms with Crippen molar-refractivity contribution in [3.8, 4) is 0 Å². The highest BCUT2D eigenvalue weighted by Gasteiger charge is 2.36. The molecule has 0 spiro atoms. The van der Waals surface area contributed by atoms with Crippen LogP contribution in [0.4, 0.5) is 11.4 Å². The van der Waals surface area contributed by atoms with Crippen LogP contribution in [-0.4, -0.2) is 18.4 Å².